The van der Waals surface area contributed by atoms with Crippen LogP contribution in [0.3, 0.4) is 0 Å². The van der Waals surface area contributed by atoms with E-state index in [1.165, 1.54) is 51.0 Å². The van der Waals surface area contributed by atoms with Crippen LogP contribution in [0.5, 0.6) is 0 Å². The summed E-state index contributed by atoms with van der Waals surface area (Å²) in [6.07, 6.45) is 10.2. The number of hydrogen-bond acceptors (Lipinski definition) is 0. The molecule has 2 aromatic carbocycles. The predicted octanol–water partition coefficient (Wildman–Crippen LogP) is 9.14. The predicted molar refractivity (Wildman–Crippen MR) is 164 cm³/mol. The molecule has 2 aliphatic rings. The van der Waals surface area contributed by atoms with Crippen molar-refractivity contribution < 1.29 is 25.8 Å². The van der Waals surface area contributed by atoms with Crippen molar-refractivity contribution in [1.29, 1.82) is 0 Å². The van der Waals surface area contributed by atoms with Crippen LogP contribution in [0.25, 0.3) is 0 Å². The molecule has 2 saturated carbocycles. The molecule has 2 aromatic rings. The van der Waals surface area contributed by atoms with E-state index >= 15 is 0 Å². The van der Waals surface area contributed by atoms with Crippen molar-refractivity contribution in [3.8, 4) is 0 Å². The molecule has 0 aromatic heterocycles. The van der Waals surface area contributed by atoms with Crippen molar-refractivity contribution in [1.82, 2.24) is 0 Å². The second kappa shape index (κ2) is 15.9. The fraction of sp³-hybridized carbons (Fsp3) is 0.500. The van der Waals surface area contributed by atoms with Gasteiger partial charge in [0.05, 0.1) is 0 Å². The Morgan fingerprint density at radius 1 is 0.629 bits per heavy atom. The van der Waals surface area contributed by atoms with Crippen molar-refractivity contribution in [2.24, 2.45) is 11.8 Å². The summed E-state index contributed by atoms with van der Waals surface area (Å²) in [6.45, 7) is 10.1. The minimum absolute atomic E-state index is 0. The van der Waals surface area contributed by atoms with E-state index in [1.807, 2.05) is 0 Å². The van der Waals surface area contributed by atoms with E-state index in [0.717, 1.165) is 22.9 Å². The zero-order valence-corrected chi connectivity index (χ0v) is 29.8. The molecule has 4 atom stereocenters. The zero-order chi connectivity index (χ0) is 21.2. The molecule has 0 N–H and O–H groups in total. The monoisotopic (exact) mass is 674 g/mol. The summed E-state index contributed by atoms with van der Waals surface area (Å²) in [4.78, 5) is 0. The van der Waals surface area contributed by atoms with Crippen LogP contribution in [0.15, 0.2) is 60.7 Å². The third-order valence-corrected chi connectivity index (χ3v) is 16.4. The Labute approximate surface area is 241 Å². The maximum Gasteiger partial charge on any atom is 4.00 e. The second-order valence-electron chi connectivity index (χ2n) is 11.5. The fourth-order valence-corrected chi connectivity index (χ4v) is 16.4. The van der Waals surface area contributed by atoms with Gasteiger partial charge in [-0.1, -0.05) is 136 Å². The minimum Gasteiger partial charge on any atom is -0.358 e. The topological polar surface area (TPSA) is 0 Å². The quantitative estimate of drug-likeness (QED) is 0.203. The molecular weight excluding hydrogens is 619 g/mol. The van der Waals surface area contributed by atoms with Crippen LogP contribution in [0, 0.1) is 41.5 Å². The van der Waals surface area contributed by atoms with Gasteiger partial charge in [-0.2, -0.15) is 0 Å². The molecule has 194 valence electrons. The van der Waals surface area contributed by atoms with Gasteiger partial charge in [0.15, 0.2) is 0 Å². The summed E-state index contributed by atoms with van der Waals surface area (Å²) < 4.78 is 0. The standard InChI is InChI=1S/C28H42Si2.4CH3.Hf/c1-5-23-16-18-27(20-23)30(25-12-8-6-9-13-25,26-14-10-7-11-15-26)28-19-17-24(21-28)22-29(2,3)4;;;;;/h6-15,23-24,27-28H,5,16-22H2,1-4H3;4*1H3;/q;4*-1;+4. The van der Waals surface area contributed by atoms with E-state index in [4.69, 9.17) is 0 Å². The second-order valence-corrected chi connectivity index (χ2v) is 21.6. The molecule has 0 nitrogen and oxygen atoms in total. The van der Waals surface area contributed by atoms with Crippen LogP contribution in [0.4, 0.5) is 0 Å². The Morgan fingerprint density at radius 3 is 1.40 bits per heavy atom. The van der Waals surface area contributed by atoms with Gasteiger partial charge in [0.1, 0.15) is 8.07 Å². The molecule has 2 aliphatic carbocycles. The molecule has 0 saturated heterocycles. The molecule has 0 amide bonds. The van der Waals surface area contributed by atoms with E-state index in [9.17, 15) is 0 Å². The average molecular weight is 673 g/mol. The molecule has 35 heavy (non-hydrogen) atoms. The van der Waals surface area contributed by atoms with Crippen LogP contribution < -0.4 is 10.4 Å². The van der Waals surface area contributed by atoms with Crippen molar-refractivity contribution in [3.05, 3.63) is 90.4 Å². The summed E-state index contributed by atoms with van der Waals surface area (Å²) in [5.41, 5.74) is 1.84. The van der Waals surface area contributed by atoms with Gasteiger partial charge in [-0.15, -0.1) is 0 Å². The van der Waals surface area contributed by atoms with Crippen LogP contribution in [0.2, 0.25) is 36.8 Å². The maximum absolute atomic E-state index is 2.57. The van der Waals surface area contributed by atoms with Crippen molar-refractivity contribution in [2.45, 2.75) is 88.6 Å². The first-order chi connectivity index (χ1) is 14.4. The van der Waals surface area contributed by atoms with E-state index < -0.39 is 16.1 Å². The first-order valence-corrected chi connectivity index (χ1v) is 18.4. The first kappa shape index (κ1) is 36.9. The van der Waals surface area contributed by atoms with Gasteiger partial charge in [-0.25, -0.2) is 0 Å². The molecule has 0 bridgehead atoms. The summed E-state index contributed by atoms with van der Waals surface area (Å²) in [5.74, 6) is 1.93. The Hall–Kier alpha value is -0.256. The van der Waals surface area contributed by atoms with Crippen LogP contribution in [-0.2, 0) is 25.8 Å². The Morgan fingerprint density at radius 2 is 1.03 bits per heavy atom. The molecule has 2 fully saturated rings. The van der Waals surface area contributed by atoms with Gasteiger partial charge >= 0.3 is 25.8 Å². The van der Waals surface area contributed by atoms with Gasteiger partial charge in [0, 0.05) is 8.07 Å². The molecule has 0 radical (unpaired) electrons. The molecule has 0 spiro atoms. The van der Waals surface area contributed by atoms with Crippen LogP contribution in [0.1, 0.15) is 51.9 Å². The third kappa shape index (κ3) is 8.11. The maximum atomic E-state index is 2.57. The number of benzene rings is 2. The molecule has 3 heteroatoms. The van der Waals surface area contributed by atoms with Crippen molar-refractivity contribution in [3.63, 3.8) is 0 Å². The third-order valence-electron chi connectivity index (χ3n) is 8.35. The Kier molecular flexibility index (Phi) is 16.7. The first-order valence-electron chi connectivity index (χ1n) is 12.5. The summed E-state index contributed by atoms with van der Waals surface area (Å²) in [7, 11) is -2.84. The van der Waals surface area contributed by atoms with E-state index in [1.54, 1.807) is 10.4 Å². The fourth-order valence-electron chi connectivity index (χ4n) is 7.27. The van der Waals surface area contributed by atoms with Crippen LogP contribution >= 0.6 is 0 Å². The summed E-state index contributed by atoms with van der Waals surface area (Å²) in [5, 5.41) is 3.47. The Balaban J connectivity index is 0. The zero-order valence-electron chi connectivity index (χ0n) is 24.2. The summed E-state index contributed by atoms with van der Waals surface area (Å²) in [6, 6.07) is 25.3. The molecule has 0 aliphatic heterocycles. The van der Waals surface area contributed by atoms with E-state index in [0.29, 0.717) is 0 Å². The number of hydrogen-bond donors (Lipinski definition) is 0. The molecule has 4 unspecified atom stereocenters. The van der Waals surface area contributed by atoms with Gasteiger partial charge in [0.25, 0.3) is 0 Å². The van der Waals surface area contributed by atoms with E-state index in [2.05, 4.69) is 87.2 Å². The Bertz CT molecular complexity index is 760. The smallest absolute Gasteiger partial charge is 0.358 e. The minimum atomic E-state index is -1.84. The number of rotatable bonds is 7. The SMILES string of the molecule is CCC1CCC([Si](c2ccccc2)(c2ccccc2)C2CCC(C[Si](C)(C)C)C2)C1.[CH3-].[CH3-].[CH3-].[CH3-].[Hf+4]. The van der Waals surface area contributed by atoms with Gasteiger partial charge in [-0.05, 0) is 35.8 Å². The van der Waals surface area contributed by atoms with Gasteiger partial charge in [0.2, 0.25) is 0 Å². The molecule has 4 rings (SSSR count). The largest absolute Gasteiger partial charge is 4.00 e. The van der Waals surface area contributed by atoms with Crippen molar-refractivity contribution >= 4 is 26.5 Å². The van der Waals surface area contributed by atoms with E-state index in [-0.39, 0.29) is 55.5 Å². The molecule has 0 heterocycles. The van der Waals surface area contributed by atoms with Crippen molar-refractivity contribution in [2.75, 3.05) is 0 Å². The van der Waals surface area contributed by atoms with Gasteiger partial charge < -0.3 is 29.7 Å². The van der Waals surface area contributed by atoms with Crippen LogP contribution in [-0.4, -0.2) is 16.1 Å². The normalized spacial score (nSPS) is 23.5. The molecular formula is C32H54HfSi2. The average Bonchev–Trinajstić information content (AvgIpc) is 3.40. The summed E-state index contributed by atoms with van der Waals surface area (Å²) >= 11 is 0. The van der Waals surface area contributed by atoms with Gasteiger partial charge in [-0.3, -0.25) is 0 Å².